The van der Waals surface area contributed by atoms with E-state index in [1.807, 2.05) is 6.92 Å². The number of hydrogen-bond donors (Lipinski definition) is 3. The molecule has 13 atom stereocenters. The van der Waals surface area contributed by atoms with Crippen LogP contribution in [0.5, 0.6) is 0 Å². The highest BCUT2D eigenvalue weighted by Gasteiger charge is 2.67. The highest BCUT2D eigenvalue weighted by molar-refractivity contribution is 5.79. The van der Waals surface area contributed by atoms with Crippen LogP contribution in [0.1, 0.15) is 98.8 Å². The molecule has 0 aromatic heterocycles. The van der Waals surface area contributed by atoms with Crippen LogP contribution in [0.2, 0.25) is 0 Å². The minimum absolute atomic E-state index is 0.0388. The van der Waals surface area contributed by atoms with Gasteiger partial charge in [0.25, 0.3) is 0 Å². The minimum Gasteiger partial charge on any atom is -0.393 e. The Bertz CT molecular complexity index is 778. The van der Waals surface area contributed by atoms with E-state index < -0.39 is 17.8 Å². The van der Waals surface area contributed by atoms with Crippen molar-refractivity contribution in [3.05, 3.63) is 0 Å². The third-order valence-corrected chi connectivity index (χ3v) is 12.4. The molecule has 0 bridgehead atoms. The van der Waals surface area contributed by atoms with Crippen LogP contribution in [0.15, 0.2) is 0 Å². The van der Waals surface area contributed by atoms with E-state index in [4.69, 9.17) is 0 Å². The first-order valence-corrected chi connectivity index (χ1v) is 14.0. The Morgan fingerprint density at radius 3 is 2.48 bits per heavy atom. The summed E-state index contributed by atoms with van der Waals surface area (Å²) < 4.78 is 0. The highest BCUT2D eigenvalue weighted by atomic mass is 16.3. The van der Waals surface area contributed by atoms with Gasteiger partial charge in [-0.1, -0.05) is 27.7 Å². The average Bonchev–Trinajstić information content (AvgIpc) is 3.36. The van der Waals surface area contributed by atoms with Gasteiger partial charge in [0.05, 0.1) is 17.8 Å². The Kier molecular flexibility index (Phi) is 5.90. The zero-order chi connectivity index (χ0) is 23.9. The summed E-state index contributed by atoms with van der Waals surface area (Å²) in [6, 6.07) is 0. The summed E-state index contributed by atoms with van der Waals surface area (Å²) in [6.07, 6.45) is 7.85. The number of Topliss-reactive ketones (excluding diaryl/α,β-unsaturated/α-hetero) is 1. The van der Waals surface area contributed by atoms with Gasteiger partial charge in [-0.25, -0.2) is 0 Å². The van der Waals surface area contributed by atoms with E-state index in [2.05, 4.69) is 27.7 Å². The maximum absolute atomic E-state index is 12.2. The molecule has 5 aliphatic rings. The molecular weight excluding hydrogens is 412 g/mol. The Morgan fingerprint density at radius 1 is 1.12 bits per heavy atom. The minimum atomic E-state index is -0.785. The van der Waals surface area contributed by atoms with Crippen molar-refractivity contribution in [2.75, 3.05) is 0 Å². The third-order valence-electron chi connectivity index (χ3n) is 12.4. The molecule has 4 heteroatoms. The van der Waals surface area contributed by atoms with Gasteiger partial charge in [0.1, 0.15) is 5.78 Å². The number of ketones is 1. The largest absolute Gasteiger partial charge is 0.393 e. The highest BCUT2D eigenvalue weighted by Crippen LogP contribution is 2.68. The zero-order valence-corrected chi connectivity index (χ0v) is 21.6. The van der Waals surface area contributed by atoms with E-state index in [-0.39, 0.29) is 40.4 Å². The van der Waals surface area contributed by atoms with Gasteiger partial charge < -0.3 is 15.3 Å². The van der Waals surface area contributed by atoms with Gasteiger partial charge >= 0.3 is 0 Å². The van der Waals surface area contributed by atoms with Crippen LogP contribution in [0, 0.1) is 58.2 Å². The molecule has 0 aliphatic heterocycles. The zero-order valence-electron chi connectivity index (χ0n) is 21.6. The lowest BCUT2D eigenvalue weighted by Gasteiger charge is -2.63. The summed E-state index contributed by atoms with van der Waals surface area (Å²) in [5, 5.41) is 34.9. The molecular formula is C29H48O4. The van der Waals surface area contributed by atoms with Crippen molar-refractivity contribution < 1.29 is 20.1 Å². The molecule has 4 unspecified atom stereocenters. The lowest BCUT2D eigenvalue weighted by atomic mass is 9.43. The summed E-state index contributed by atoms with van der Waals surface area (Å²) in [5.41, 5.74) is -1.10. The van der Waals surface area contributed by atoms with Crippen molar-refractivity contribution in [3.8, 4) is 0 Å². The monoisotopic (exact) mass is 460 g/mol. The maximum Gasteiger partial charge on any atom is 0.133 e. The van der Waals surface area contributed by atoms with Crippen LogP contribution in [-0.2, 0) is 4.79 Å². The predicted octanol–water partition coefficient (Wildman–Crippen LogP) is 4.98. The van der Waals surface area contributed by atoms with E-state index >= 15 is 0 Å². The number of fused-ring (bicyclic) bond motifs is 5. The molecule has 4 nitrogen and oxygen atoms in total. The fourth-order valence-electron chi connectivity index (χ4n) is 10.0. The molecule has 3 N–H and O–H groups in total. The van der Waals surface area contributed by atoms with Crippen LogP contribution in [0.4, 0.5) is 0 Å². The van der Waals surface area contributed by atoms with Crippen LogP contribution >= 0.6 is 0 Å². The second-order valence-electron chi connectivity index (χ2n) is 14.0. The molecule has 0 amide bonds. The quantitative estimate of drug-likeness (QED) is 0.541. The lowest BCUT2D eigenvalue weighted by molar-refractivity contribution is -0.212. The molecule has 0 aromatic carbocycles. The summed E-state index contributed by atoms with van der Waals surface area (Å²) in [4.78, 5) is 12.2. The predicted molar refractivity (Wildman–Crippen MR) is 129 cm³/mol. The molecule has 5 fully saturated rings. The van der Waals surface area contributed by atoms with Gasteiger partial charge in [0, 0.05) is 18.3 Å². The molecule has 0 heterocycles. The normalized spacial score (nSPS) is 54.1. The number of rotatable bonds is 5. The first-order valence-electron chi connectivity index (χ1n) is 14.0. The van der Waals surface area contributed by atoms with Gasteiger partial charge in [0.2, 0.25) is 0 Å². The molecule has 0 radical (unpaired) electrons. The first-order chi connectivity index (χ1) is 15.4. The Labute approximate surface area is 200 Å². The van der Waals surface area contributed by atoms with E-state index in [1.165, 1.54) is 6.42 Å². The molecule has 0 aromatic rings. The second kappa shape index (κ2) is 8.03. The number of aliphatic hydroxyl groups is 3. The van der Waals surface area contributed by atoms with Crippen LogP contribution in [0.25, 0.3) is 0 Å². The number of carbonyl (C=O) groups excluding carboxylic acids is 1. The summed E-state index contributed by atoms with van der Waals surface area (Å²) in [6.45, 7) is 11.3. The van der Waals surface area contributed by atoms with Gasteiger partial charge in [-0.05, 0) is 111 Å². The summed E-state index contributed by atoms with van der Waals surface area (Å²) >= 11 is 0. The topological polar surface area (TPSA) is 77.8 Å². The number of aliphatic hydroxyl groups excluding tert-OH is 2. The van der Waals surface area contributed by atoms with Crippen molar-refractivity contribution >= 4 is 5.78 Å². The molecule has 188 valence electrons. The molecule has 33 heavy (non-hydrogen) atoms. The smallest absolute Gasteiger partial charge is 0.133 e. The SMILES string of the molecule is C[C@H](CC[C@](C)(O)[C@H]1CCC2C3C(C[C@@H](O)[C@@]21C)[C@@]1(C)CCC(=O)CC1C[C@H]3O)[C@@H]1C[C@H]1C. The average molecular weight is 461 g/mol. The van der Waals surface area contributed by atoms with Crippen molar-refractivity contribution in [1.82, 2.24) is 0 Å². The summed E-state index contributed by atoms with van der Waals surface area (Å²) in [7, 11) is 0. The van der Waals surface area contributed by atoms with Crippen LogP contribution < -0.4 is 0 Å². The Morgan fingerprint density at radius 2 is 1.82 bits per heavy atom. The Balaban J connectivity index is 1.37. The Hall–Kier alpha value is -0.450. The lowest BCUT2D eigenvalue weighted by Crippen LogP contribution is -2.63. The fraction of sp³-hybridized carbons (Fsp3) is 0.966. The van der Waals surface area contributed by atoms with Crippen molar-refractivity contribution in [3.63, 3.8) is 0 Å². The van der Waals surface area contributed by atoms with Crippen molar-refractivity contribution in [2.45, 2.75) is 117 Å². The summed E-state index contributed by atoms with van der Waals surface area (Å²) in [5.74, 6) is 3.67. The van der Waals surface area contributed by atoms with E-state index in [0.717, 1.165) is 50.4 Å². The maximum atomic E-state index is 12.2. The van der Waals surface area contributed by atoms with Gasteiger partial charge in [-0.2, -0.15) is 0 Å². The van der Waals surface area contributed by atoms with Crippen molar-refractivity contribution in [1.29, 1.82) is 0 Å². The van der Waals surface area contributed by atoms with Gasteiger partial charge in [-0.3, -0.25) is 4.79 Å². The molecule has 5 saturated carbocycles. The fourth-order valence-corrected chi connectivity index (χ4v) is 10.0. The molecule has 5 rings (SSSR count). The first kappa shape index (κ1) is 24.3. The third kappa shape index (κ3) is 3.68. The molecule has 0 saturated heterocycles. The molecule has 0 spiro atoms. The standard InChI is InChI=1S/C29H48O4/c1-16(20-12-17(20)2)8-11-28(4,33)24-7-6-21-26-22(15-25(32)29(21,24)5)27(3)10-9-19(30)13-18(27)14-23(26)31/h16-18,20-26,31-33H,6-15H2,1-5H3/t16-,17-,18?,20+,21?,22?,23-,24-,25-,26?,27+,28+,29+/m1/s1. The van der Waals surface area contributed by atoms with Gasteiger partial charge in [-0.15, -0.1) is 0 Å². The van der Waals surface area contributed by atoms with E-state index in [9.17, 15) is 20.1 Å². The molecule has 5 aliphatic carbocycles. The van der Waals surface area contributed by atoms with Crippen molar-refractivity contribution in [2.24, 2.45) is 58.2 Å². The van der Waals surface area contributed by atoms with Crippen LogP contribution in [0.3, 0.4) is 0 Å². The number of hydrogen-bond acceptors (Lipinski definition) is 4. The number of carbonyl (C=O) groups is 1. The van der Waals surface area contributed by atoms with Crippen LogP contribution in [-0.4, -0.2) is 38.9 Å². The van der Waals surface area contributed by atoms with Gasteiger partial charge in [0.15, 0.2) is 0 Å². The van der Waals surface area contributed by atoms with E-state index in [1.54, 1.807) is 0 Å². The van der Waals surface area contributed by atoms with E-state index in [0.29, 0.717) is 31.0 Å². The second-order valence-corrected chi connectivity index (χ2v) is 14.0.